The number of aliphatic hydroxyl groups is 1. The fourth-order valence-electron chi connectivity index (χ4n) is 3.16. The number of amides is 1. The van der Waals surface area contributed by atoms with Crippen molar-refractivity contribution in [3.63, 3.8) is 0 Å². The molecule has 0 spiro atoms. The second kappa shape index (κ2) is 8.48. The Kier molecular flexibility index (Phi) is 6.08. The van der Waals surface area contributed by atoms with Crippen LogP contribution in [0.1, 0.15) is 27.9 Å². The predicted octanol–water partition coefficient (Wildman–Crippen LogP) is 2.58. The standard InChI is InChI=1S/C20H23ClN2O2/c21-17-7-5-14(6-8-17)20(25)22-10-9-19(24)13-23-18-11-15-3-1-2-4-16(15)12-18/h1-8,18-19,23-24H,9-13H2,(H,22,25). The van der Waals surface area contributed by atoms with Crippen molar-refractivity contribution in [2.24, 2.45) is 0 Å². The number of rotatable bonds is 7. The van der Waals surface area contributed by atoms with E-state index in [4.69, 9.17) is 11.6 Å². The fourth-order valence-corrected chi connectivity index (χ4v) is 3.29. The van der Waals surface area contributed by atoms with E-state index in [1.54, 1.807) is 24.3 Å². The summed E-state index contributed by atoms with van der Waals surface area (Å²) in [5.74, 6) is -0.150. The second-order valence-corrected chi connectivity index (χ2v) is 6.92. The van der Waals surface area contributed by atoms with Gasteiger partial charge in [0.05, 0.1) is 6.10 Å². The summed E-state index contributed by atoms with van der Waals surface area (Å²) in [5.41, 5.74) is 3.36. The smallest absolute Gasteiger partial charge is 0.251 e. The molecule has 2 aromatic carbocycles. The van der Waals surface area contributed by atoms with Gasteiger partial charge < -0.3 is 15.7 Å². The number of nitrogens with one attached hydrogen (secondary N) is 2. The molecule has 1 unspecified atom stereocenters. The molecule has 3 N–H and O–H groups in total. The first-order chi connectivity index (χ1) is 12.1. The Balaban J connectivity index is 1.34. The molecule has 5 heteroatoms. The van der Waals surface area contributed by atoms with Crippen LogP contribution in [-0.4, -0.2) is 36.2 Å². The van der Waals surface area contributed by atoms with Gasteiger partial charge in [0, 0.05) is 29.7 Å². The third-order valence-corrected chi connectivity index (χ3v) is 4.81. The summed E-state index contributed by atoms with van der Waals surface area (Å²) in [7, 11) is 0. The molecule has 1 aliphatic carbocycles. The summed E-state index contributed by atoms with van der Waals surface area (Å²) < 4.78 is 0. The summed E-state index contributed by atoms with van der Waals surface area (Å²) in [6, 6.07) is 15.6. The summed E-state index contributed by atoms with van der Waals surface area (Å²) >= 11 is 5.81. The Morgan fingerprint density at radius 3 is 2.40 bits per heavy atom. The molecule has 1 amide bonds. The highest BCUT2D eigenvalue weighted by Crippen LogP contribution is 2.21. The van der Waals surface area contributed by atoms with Gasteiger partial charge in [0.1, 0.15) is 0 Å². The predicted molar refractivity (Wildman–Crippen MR) is 100 cm³/mol. The van der Waals surface area contributed by atoms with Crippen molar-refractivity contribution in [2.45, 2.75) is 31.4 Å². The van der Waals surface area contributed by atoms with Crippen LogP contribution in [0, 0.1) is 0 Å². The molecule has 0 saturated carbocycles. The van der Waals surface area contributed by atoms with Crippen LogP contribution in [0.25, 0.3) is 0 Å². The topological polar surface area (TPSA) is 61.4 Å². The maximum atomic E-state index is 12.0. The Morgan fingerprint density at radius 2 is 1.76 bits per heavy atom. The Bertz CT molecular complexity index is 693. The number of fused-ring (bicyclic) bond motifs is 1. The van der Waals surface area contributed by atoms with Crippen LogP contribution in [0.15, 0.2) is 48.5 Å². The lowest BCUT2D eigenvalue weighted by atomic mass is 10.1. The third kappa shape index (κ3) is 5.05. The van der Waals surface area contributed by atoms with Crippen molar-refractivity contribution < 1.29 is 9.90 Å². The quantitative estimate of drug-likeness (QED) is 0.713. The summed E-state index contributed by atoms with van der Waals surface area (Å²) in [5, 5.41) is 17.0. The molecule has 3 rings (SSSR count). The van der Waals surface area contributed by atoms with Gasteiger partial charge in [-0.15, -0.1) is 0 Å². The van der Waals surface area contributed by atoms with Gasteiger partial charge in [0.2, 0.25) is 0 Å². The minimum absolute atomic E-state index is 0.150. The lowest BCUT2D eigenvalue weighted by Gasteiger charge is -2.16. The number of carbonyl (C=O) groups is 1. The van der Waals surface area contributed by atoms with Crippen LogP contribution in [-0.2, 0) is 12.8 Å². The zero-order chi connectivity index (χ0) is 17.6. The fraction of sp³-hybridized carbons (Fsp3) is 0.350. The molecule has 4 nitrogen and oxygen atoms in total. The molecule has 132 valence electrons. The van der Waals surface area contributed by atoms with E-state index in [1.165, 1.54) is 11.1 Å². The molecule has 1 atom stereocenters. The molecular formula is C20H23ClN2O2. The van der Waals surface area contributed by atoms with Crippen LogP contribution in [0.3, 0.4) is 0 Å². The molecular weight excluding hydrogens is 336 g/mol. The van der Waals surface area contributed by atoms with Crippen LogP contribution in [0.2, 0.25) is 5.02 Å². The number of halogens is 1. The number of benzene rings is 2. The Hall–Kier alpha value is -1.88. The maximum Gasteiger partial charge on any atom is 0.251 e. The van der Waals surface area contributed by atoms with E-state index < -0.39 is 6.10 Å². The van der Waals surface area contributed by atoms with Crippen LogP contribution < -0.4 is 10.6 Å². The number of carbonyl (C=O) groups excluding carboxylic acids is 1. The first-order valence-corrected chi connectivity index (χ1v) is 9.01. The van der Waals surface area contributed by atoms with E-state index in [1.807, 2.05) is 0 Å². The molecule has 0 radical (unpaired) electrons. The molecule has 0 bridgehead atoms. The normalized spacial score (nSPS) is 15.0. The van der Waals surface area contributed by atoms with E-state index in [2.05, 4.69) is 34.9 Å². The van der Waals surface area contributed by atoms with E-state index in [-0.39, 0.29) is 5.91 Å². The van der Waals surface area contributed by atoms with Gasteiger partial charge in [0.15, 0.2) is 0 Å². The highest BCUT2D eigenvalue weighted by atomic mass is 35.5. The third-order valence-electron chi connectivity index (χ3n) is 4.56. The van der Waals surface area contributed by atoms with Gasteiger partial charge in [0.25, 0.3) is 5.91 Å². The van der Waals surface area contributed by atoms with Gasteiger partial charge in [-0.05, 0) is 54.7 Å². The number of hydrogen-bond acceptors (Lipinski definition) is 3. The molecule has 0 fully saturated rings. The van der Waals surface area contributed by atoms with Gasteiger partial charge in [-0.25, -0.2) is 0 Å². The van der Waals surface area contributed by atoms with Crippen molar-refractivity contribution in [3.05, 3.63) is 70.2 Å². The molecule has 0 aromatic heterocycles. The lowest BCUT2D eigenvalue weighted by Crippen LogP contribution is -2.37. The first kappa shape index (κ1) is 17.9. The molecule has 0 heterocycles. The van der Waals surface area contributed by atoms with E-state index in [0.29, 0.717) is 36.1 Å². The zero-order valence-corrected chi connectivity index (χ0v) is 14.8. The van der Waals surface area contributed by atoms with Crippen molar-refractivity contribution in [3.8, 4) is 0 Å². The molecule has 2 aromatic rings. The van der Waals surface area contributed by atoms with Crippen LogP contribution in [0.4, 0.5) is 0 Å². The highest BCUT2D eigenvalue weighted by molar-refractivity contribution is 6.30. The van der Waals surface area contributed by atoms with E-state index in [0.717, 1.165) is 12.8 Å². The summed E-state index contributed by atoms with van der Waals surface area (Å²) in [6.07, 6.45) is 2.06. The monoisotopic (exact) mass is 358 g/mol. The zero-order valence-electron chi connectivity index (χ0n) is 14.0. The average molecular weight is 359 g/mol. The van der Waals surface area contributed by atoms with Crippen molar-refractivity contribution >= 4 is 17.5 Å². The Labute approximate surface area is 153 Å². The molecule has 25 heavy (non-hydrogen) atoms. The van der Waals surface area contributed by atoms with E-state index >= 15 is 0 Å². The van der Waals surface area contributed by atoms with E-state index in [9.17, 15) is 9.90 Å². The minimum Gasteiger partial charge on any atom is -0.392 e. The summed E-state index contributed by atoms with van der Waals surface area (Å²) in [6.45, 7) is 0.977. The van der Waals surface area contributed by atoms with Gasteiger partial charge in [-0.1, -0.05) is 35.9 Å². The SMILES string of the molecule is O=C(NCCC(O)CNC1Cc2ccccc2C1)c1ccc(Cl)cc1. The minimum atomic E-state index is -0.478. The van der Waals surface area contributed by atoms with Gasteiger partial charge >= 0.3 is 0 Å². The largest absolute Gasteiger partial charge is 0.392 e. The molecule has 0 saturated heterocycles. The first-order valence-electron chi connectivity index (χ1n) is 8.64. The number of hydrogen-bond donors (Lipinski definition) is 3. The maximum absolute atomic E-state index is 12.0. The highest BCUT2D eigenvalue weighted by Gasteiger charge is 2.20. The van der Waals surface area contributed by atoms with Crippen molar-refractivity contribution in [1.82, 2.24) is 10.6 Å². The molecule has 1 aliphatic rings. The lowest BCUT2D eigenvalue weighted by molar-refractivity contribution is 0.0942. The van der Waals surface area contributed by atoms with Crippen molar-refractivity contribution in [1.29, 1.82) is 0 Å². The number of aliphatic hydroxyl groups excluding tert-OH is 1. The van der Waals surface area contributed by atoms with Crippen LogP contribution in [0.5, 0.6) is 0 Å². The van der Waals surface area contributed by atoms with Gasteiger partial charge in [-0.2, -0.15) is 0 Å². The second-order valence-electron chi connectivity index (χ2n) is 6.49. The van der Waals surface area contributed by atoms with Crippen LogP contribution >= 0.6 is 11.6 Å². The Morgan fingerprint density at radius 1 is 1.12 bits per heavy atom. The van der Waals surface area contributed by atoms with Crippen molar-refractivity contribution in [2.75, 3.05) is 13.1 Å². The summed E-state index contributed by atoms with van der Waals surface area (Å²) in [4.78, 5) is 12.0. The van der Waals surface area contributed by atoms with Gasteiger partial charge in [-0.3, -0.25) is 4.79 Å². The average Bonchev–Trinajstić information content (AvgIpc) is 3.03. The molecule has 0 aliphatic heterocycles.